The van der Waals surface area contributed by atoms with Gasteiger partial charge in [0.25, 0.3) is 0 Å². The number of methoxy groups -OCH3 is 1. The highest BCUT2D eigenvalue weighted by molar-refractivity contribution is 5.47. The Morgan fingerprint density at radius 1 is 0.955 bits per heavy atom. The van der Waals surface area contributed by atoms with E-state index in [4.69, 9.17) is 4.74 Å². The molecule has 0 bridgehead atoms. The molecule has 0 aliphatic carbocycles. The van der Waals surface area contributed by atoms with Gasteiger partial charge >= 0.3 is 0 Å². The molecule has 0 fully saturated rings. The van der Waals surface area contributed by atoms with Crippen LogP contribution in [-0.4, -0.2) is 17.3 Å². The first-order valence-electron chi connectivity index (χ1n) is 7.50. The Hall–Kier alpha value is -2.00. The Labute approximate surface area is 132 Å². The van der Waals surface area contributed by atoms with E-state index in [9.17, 15) is 10.2 Å². The summed E-state index contributed by atoms with van der Waals surface area (Å²) in [7, 11) is 1.68. The molecule has 0 spiro atoms. The molecule has 118 valence electrons. The summed E-state index contributed by atoms with van der Waals surface area (Å²) < 4.78 is 5.74. The van der Waals surface area contributed by atoms with E-state index in [2.05, 4.69) is 13.8 Å². The van der Waals surface area contributed by atoms with E-state index in [1.165, 1.54) is 0 Å². The molecule has 3 heteroatoms. The summed E-state index contributed by atoms with van der Waals surface area (Å²) in [6.07, 6.45) is -0.223. The van der Waals surface area contributed by atoms with Crippen molar-refractivity contribution < 1.29 is 14.9 Å². The molecule has 22 heavy (non-hydrogen) atoms. The molecule has 0 amide bonds. The van der Waals surface area contributed by atoms with Gasteiger partial charge in [0.15, 0.2) is 0 Å². The topological polar surface area (TPSA) is 49.7 Å². The molecule has 2 aromatic carbocycles. The van der Waals surface area contributed by atoms with Gasteiger partial charge in [0, 0.05) is 7.11 Å². The van der Waals surface area contributed by atoms with Crippen LogP contribution < -0.4 is 0 Å². The van der Waals surface area contributed by atoms with Crippen molar-refractivity contribution in [3.05, 3.63) is 58.1 Å². The fraction of sp³-hybridized carbons (Fsp3) is 0.368. The van der Waals surface area contributed by atoms with Crippen LogP contribution in [0.2, 0.25) is 0 Å². The number of phenolic OH excluding ortho intramolecular Hbond substituents is 2. The molecular formula is C19H24O3. The number of ether oxygens (including phenoxy) is 1. The average Bonchev–Trinajstić information content (AvgIpc) is 2.43. The highest BCUT2D eigenvalue weighted by atomic mass is 16.5. The Morgan fingerprint density at radius 3 is 2.05 bits per heavy atom. The van der Waals surface area contributed by atoms with E-state index in [0.29, 0.717) is 5.75 Å². The second-order valence-electron chi connectivity index (χ2n) is 6.08. The smallest absolute Gasteiger partial charge is 0.119 e. The lowest BCUT2D eigenvalue weighted by molar-refractivity contribution is 0.135. The highest BCUT2D eigenvalue weighted by Gasteiger charge is 2.20. The van der Waals surface area contributed by atoms with Gasteiger partial charge in [-0.15, -0.1) is 0 Å². The maximum absolute atomic E-state index is 10.0. The molecule has 0 aliphatic rings. The molecule has 0 radical (unpaired) electrons. The molecule has 2 aromatic rings. The van der Waals surface area contributed by atoms with Crippen molar-refractivity contribution in [2.24, 2.45) is 0 Å². The zero-order valence-corrected chi connectivity index (χ0v) is 13.8. The van der Waals surface area contributed by atoms with E-state index in [1.807, 2.05) is 26.0 Å². The van der Waals surface area contributed by atoms with Crippen LogP contribution in [-0.2, 0) is 4.74 Å². The molecule has 3 nitrogen and oxygen atoms in total. The lowest BCUT2D eigenvalue weighted by Gasteiger charge is -2.22. The fourth-order valence-corrected chi connectivity index (χ4v) is 2.98. The third-order valence-electron chi connectivity index (χ3n) is 4.05. The lowest BCUT2D eigenvalue weighted by atomic mass is 9.90. The third-order valence-corrected chi connectivity index (χ3v) is 4.05. The second-order valence-corrected chi connectivity index (χ2v) is 6.08. The average molecular weight is 300 g/mol. The molecule has 0 heterocycles. The number of aryl methyl sites for hydroxylation is 2. The summed E-state index contributed by atoms with van der Waals surface area (Å²) in [6.45, 7) is 8.05. The van der Waals surface area contributed by atoms with Crippen LogP contribution in [0.3, 0.4) is 0 Å². The van der Waals surface area contributed by atoms with Gasteiger partial charge in [0.1, 0.15) is 17.6 Å². The summed E-state index contributed by atoms with van der Waals surface area (Å²) in [5.41, 5.74) is 4.95. The summed E-state index contributed by atoms with van der Waals surface area (Å²) in [5, 5.41) is 19.7. The van der Waals surface area contributed by atoms with Crippen LogP contribution in [0.15, 0.2) is 30.3 Å². The first kappa shape index (κ1) is 16.4. The van der Waals surface area contributed by atoms with E-state index >= 15 is 0 Å². The van der Waals surface area contributed by atoms with Gasteiger partial charge in [-0.2, -0.15) is 0 Å². The zero-order valence-electron chi connectivity index (χ0n) is 13.8. The number of benzene rings is 2. The molecule has 2 rings (SSSR count). The molecule has 0 saturated carbocycles. The van der Waals surface area contributed by atoms with E-state index in [0.717, 1.165) is 27.8 Å². The minimum Gasteiger partial charge on any atom is -0.508 e. The monoisotopic (exact) mass is 300 g/mol. The molecular weight excluding hydrogens is 276 g/mol. The van der Waals surface area contributed by atoms with Crippen molar-refractivity contribution in [2.45, 2.75) is 39.7 Å². The molecule has 0 aliphatic heterocycles. The quantitative estimate of drug-likeness (QED) is 0.869. The zero-order chi connectivity index (χ0) is 16.4. The third kappa shape index (κ3) is 3.09. The minimum atomic E-state index is -0.223. The number of hydrogen-bond acceptors (Lipinski definition) is 3. The van der Waals surface area contributed by atoms with Crippen molar-refractivity contribution in [1.29, 1.82) is 0 Å². The van der Waals surface area contributed by atoms with Crippen LogP contribution in [0.4, 0.5) is 0 Å². The lowest BCUT2D eigenvalue weighted by Crippen LogP contribution is -2.08. The van der Waals surface area contributed by atoms with E-state index < -0.39 is 0 Å². The predicted octanol–water partition coefficient (Wildman–Crippen LogP) is 4.57. The Kier molecular flexibility index (Phi) is 4.77. The van der Waals surface area contributed by atoms with Gasteiger partial charge in [0.2, 0.25) is 0 Å². The van der Waals surface area contributed by atoms with E-state index in [-0.39, 0.29) is 17.8 Å². The van der Waals surface area contributed by atoms with Crippen molar-refractivity contribution in [1.82, 2.24) is 0 Å². The van der Waals surface area contributed by atoms with Gasteiger partial charge in [0.05, 0.1) is 0 Å². The first-order valence-corrected chi connectivity index (χ1v) is 7.50. The van der Waals surface area contributed by atoms with Crippen molar-refractivity contribution in [3.63, 3.8) is 0 Å². The van der Waals surface area contributed by atoms with Gasteiger partial charge < -0.3 is 14.9 Å². The maximum atomic E-state index is 10.0. The molecule has 2 N–H and O–H groups in total. The Morgan fingerprint density at radius 2 is 1.55 bits per heavy atom. The summed E-state index contributed by atoms with van der Waals surface area (Å²) in [4.78, 5) is 0. The van der Waals surface area contributed by atoms with Gasteiger partial charge in [-0.3, -0.25) is 0 Å². The van der Waals surface area contributed by atoms with Crippen LogP contribution >= 0.6 is 0 Å². The molecule has 0 aromatic heterocycles. The number of aromatic hydroxyl groups is 2. The van der Waals surface area contributed by atoms with Crippen molar-refractivity contribution >= 4 is 0 Å². The van der Waals surface area contributed by atoms with Crippen LogP contribution in [0.1, 0.15) is 53.7 Å². The predicted molar refractivity (Wildman–Crippen MR) is 88.6 cm³/mol. The van der Waals surface area contributed by atoms with Gasteiger partial charge in [-0.05, 0) is 71.8 Å². The number of phenols is 2. The van der Waals surface area contributed by atoms with Crippen molar-refractivity contribution in [3.8, 4) is 11.5 Å². The normalized spacial score (nSPS) is 12.6. The molecule has 1 atom stereocenters. The fourth-order valence-electron chi connectivity index (χ4n) is 2.98. The van der Waals surface area contributed by atoms with Gasteiger partial charge in [-0.1, -0.05) is 19.9 Å². The largest absolute Gasteiger partial charge is 0.508 e. The molecule has 0 saturated heterocycles. The maximum Gasteiger partial charge on any atom is 0.119 e. The summed E-state index contributed by atoms with van der Waals surface area (Å²) in [5.74, 6) is 0.814. The number of rotatable bonds is 4. The second kappa shape index (κ2) is 6.41. The summed E-state index contributed by atoms with van der Waals surface area (Å²) in [6, 6.07) is 9.11. The Balaban J connectivity index is 2.56. The number of hydrogen-bond donors (Lipinski definition) is 2. The van der Waals surface area contributed by atoms with E-state index in [1.54, 1.807) is 25.3 Å². The standard InChI is InChI=1S/C19H24O3/c1-11(2)16-10-14(6-7-17(16)21)19(22-5)18-12(3)8-15(20)9-13(18)4/h6-11,19-21H,1-5H3. The van der Waals surface area contributed by atoms with Gasteiger partial charge in [-0.25, -0.2) is 0 Å². The summed E-state index contributed by atoms with van der Waals surface area (Å²) >= 11 is 0. The van der Waals surface area contributed by atoms with Crippen molar-refractivity contribution in [2.75, 3.05) is 7.11 Å². The Bertz CT molecular complexity index is 651. The minimum absolute atomic E-state index is 0.223. The van der Waals surface area contributed by atoms with Crippen LogP contribution in [0.25, 0.3) is 0 Å². The first-order chi connectivity index (χ1) is 10.3. The highest BCUT2D eigenvalue weighted by Crippen LogP contribution is 2.36. The SMILES string of the molecule is COC(c1ccc(O)c(C(C)C)c1)c1c(C)cc(O)cc1C. The molecule has 1 unspecified atom stereocenters. The van der Waals surface area contributed by atoms with Crippen LogP contribution in [0.5, 0.6) is 11.5 Å². The van der Waals surface area contributed by atoms with Crippen LogP contribution in [0, 0.1) is 13.8 Å².